The number of nitrogens with one attached hydrogen (secondary N) is 1. The van der Waals surface area contributed by atoms with E-state index < -0.39 is 0 Å². The topological polar surface area (TPSA) is 38.3 Å². The van der Waals surface area contributed by atoms with E-state index in [9.17, 15) is 4.79 Å². The molecule has 0 aliphatic rings. The lowest BCUT2D eigenvalue weighted by Crippen LogP contribution is -2.29. The van der Waals surface area contributed by atoms with Crippen molar-refractivity contribution in [2.45, 2.75) is 25.8 Å². The molecule has 2 aromatic carbocycles. The fraction of sp³-hybridized carbons (Fsp3) is 0.278. The van der Waals surface area contributed by atoms with Gasteiger partial charge in [0.2, 0.25) is 5.91 Å². The van der Waals surface area contributed by atoms with Crippen molar-refractivity contribution in [2.75, 3.05) is 7.11 Å². The van der Waals surface area contributed by atoms with Crippen molar-refractivity contribution >= 4 is 17.5 Å². The molecular weight excluding hydrogens is 298 g/mol. The fourth-order valence-corrected chi connectivity index (χ4v) is 2.52. The number of ether oxygens (including phenoxy) is 1. The Morgan fingerprint density at radius 2 is 1.86 bits per heavy atom. The second-order valence-corrected chi connectivity index (χ2v) is 5.48. The predicted octanol–water partition coefficient (Wildman–Crippen LogP) is 4.16. The zero-order valence-electron chi connectivity index (χ0n) is 12.8. The predicted molar refractivity (Wildman–Crippen MR) is 89.3 cm³/mol. The summed E-state index contributed by atoms with van der Waals surface area (Å²) in [5, 5.41) is 3.68. The highest BCUT2D eigenvalue weighted by Crippen LogP contribution is 2.21. The van der Waals surface area contributed by atoms with E-state index in [0.29, 0.717) is 5.02 Å². The van der Waals surface area contributed by atoms with Gasteiger partial charge in [-0.1, -0.05) is 48.9 Å². The number of methoxy groups -OCH3 is 1. The zero-order chi connectivity index (χ0) is 15.9. The fourth-order valence-electron chi connectivity index (χ4n) is 2.32. The van der Waals surface area contributed by atoms with Gasteiger partial charge in [0.15, 0.2) is 0 Å². The molecule has 0 bridgehead atoms. The molecule has 0 aliphatic carbocycles. The number of carbonyl (C=O) groups is 1. The molecule has 0 saturated heterocycles. The van der Waals surface area contributed by atoms with Gasteiger partial charge in [-0.3, -0.25) is 4.79 Å². The van der Waals surface area contributed by atoms with Crippen LogP contribution in [0.2, 0.25) is 5.02 Å². The highest BCUT2D eigenvalue weighted by atomic mass is 35.5. The summed E-state index contributed by atoms with van der Waals surface area (Å²) in [6.45, 7) is 2.05. The zero-order valence-corrected chi connectivity index (χ0v) is 13.6. The van der Waals surface area contributed by atoms with Crippen molar-refractivity contribution in [3.05, 3.63) is 64.7 Å². The molecule has 0 radical (unpaired) electrons. The Balaban J connectivity index is 2.03. The normalized spacial score (nSPS) is 11.8. The summed E-state index contributed by atoms with van der Waals surface area (Å²) in [6, 6.07) is 15.1. The second-order valence-electron chi connectivity index (χ2n) is 5.07. The number of hydrogen-bond acceptors (Lipinski definition) is 2. The Morgan fingerprint density at radius 1 is 1.18 bits per heavy atom. The van der Waals surface area contributed by atoms with Crippen LogP contribution in [0.15, 0.2) is 48.5 Å². The van der Waals surface area contributed by atoms with Gasteiger partial charge in [0.25, 0.3) is 0 Å². The van der Waals surface area contributed by atoms with Crippen LogP contribution in [0.1, 0.15) is 30.5 Å². The molecule has 1 atom stereocenters. The first-order valence-corrected chi connectivity index (χ1v) is 7.68. The van der Waals surface area contributed by atoms with Crippen LogP contribution in [0, 0.1) is 0 Å². The third-order valence-electron chi connectivity index (χ3n) is 3.57. The summed E-state index contributed by atoms with van der Waals surface area (Å²) in [4.78, 5) is 12.2. The molecule has 0 unspecified atom stereocenters. The van der Waals surface area contributed by atoms with Crippen LogP contribution in [-0.2, 0) is 11.2 Å². The van der Waals surface area contributed by atoms with Crippen LogP contribution in [0.25, 0.3) is 0 Å². The van der Waals surface area contributed by atoms with Gasteiger partial charge in [-0.25, -0.2) is 0 Å². The van der Waals surface area contributed by atoms with Gasteiger partial charge < -0.3 is 10.1 Å². The van der Waals surface area contributed by atoms with E-state index in [-0.39, 0.29) is 18.4 Å². The van der Waals surface area contributed by atoms with Gasteiger partial charge in [0.1, 0.15) is 5.75 Å². The van der Waals surface area contributed by atoms with E-state index in [1.807, 2.05) is 49.4 Å². The van der Waals surface area contributed by atoms with Crippen molar-refractivity contribution in [3.8, 4) is 5.75 Å². The minimum absolute atomic E-state index is 0.0131. The molecule has 0 saturated carbocycles. The summed E-state index contributed by atoms with van der Waals surface area (Å²) < 4.78 is 5.15. The SMILES string of the molecule is CC[C@@H](NC(=O)Cc1ccccc1Cl)c1ccc(OC)cc1. The standard InChI is InChI=1S/C18H20ClNO2/c1-3-17(13-8-10-15(22-2)11-9-13)20-18(21)12-14-6-4-5-7-16(14)19/h4-11,17H,3,12H2,1-2H3,(H,20,21)/t17-/m1/s1. The Morgan fingerprint density at radius 3 is 2.45 bits per heavy atom. The van der Waals surface area contributed by atoms with Crippen molar-refractivity contribution in [1.82, 2.24) is 5.32 Å². The number of carbonyl (C=O) groups excluding carboxylic acids is 1. The molecule has 4 heteroatoms. The third-order valence-corrected chi connectivity index (χ3v) is 3.94. The monoisotopic (exact) mass is 317 g/mol. The Kier molecular flexibility index (Phi) is 5.84. The van der Waals surface area contributed by atoms with Crippen molar-refractivity contribution in [3.63, 3.8) is 0 Å². The second kappa shape index (κ2) is 7.85. The van der Waals surface area contributed by atoms with Crippen LogP contribution in [0.5, 0.6) is 5.75 Å². The van der Waals surface area contributed by atoms with Crippen molar-refractivity contribution in [1.29, 1.82) is 0 Å². The molecule has 1 amide bonds. The molecule has 0 heterocycles. The van der Waals surface area contributed by atoms with E-state index in [1.165, 1.54) is 0 Å². The molecule has 2 aromatic rings. The van der Waals surface area contributed by atoms with E-state index in [4.69, 9.17) is 16.3 Å². The van der Waals surface area contributed by atoms with Gasteiger partial charge in [0, 0.05) is 5.02 Å². The lowest BCUT2D eigenvalue weighted by atomic mass is 10.0. The van der Waals surface area contributed by atoms with Crippen molar-refractivity contribution < 1.29 is 9.53 Å². The quantitative estimate of drug-likeness (QED) is 0.868. The third kappa shape index (κ3) is 4.25. The maximum absolute atomic E-state index is 12.2. The Bertz CT molecular complexity index is 625. The van der Waals surface area contributed by atoms with Crippen molar-refractivity contribution in [2.24, 2.45) is 0 Å². The number of benzene rings is 2. The maximum Gasteiger partial charge on any atom is 0.224 e. The first-order chi connectivity index (χ1) is 10.6. The number of rotatable bonds is 6. The van der Waals surface area contributed by atoms with Crippen LogP contribution < -0.4 is 10.1 Å². The van der Waals surface area contributed by atoms with Crippen LogP contribution in [0.4, 0.5) is 0 Å². The molecule has 1 N–H and O–H groups in total. The highest BCUT2D eigenvalue weighted by Gasteiger charge is 2.14. The van der Waals surface area contributed by atoms with Crippen LogP contribution in [0.3, 0.4) is 0 Å². The molecule has 0 spiro atoms. The lowest BCUT2D eigenvalue weighted by molar-refractivity contribution is -0.121. The lowest BCUT2D eigenvalue weighted by Gasteiger charge is -2.18. The Hall–Kier alpha value is -2.00. The molecular formula is C18H20ClNO2. The van der Waals surface area contributed by atoms with E-state index in [2.05, 4.69) is 5.32 Å². The van der Waals surface area contributed by atoms with Gasteiger partial charge in [0.05, 0.1) is 19.6 Å². The summed E-state index contributed by atoms with van der Waals surface area (Å²) in [7, 11) is 1.64. The van der Waals surface area contributed by atoms with Crippen LogP contribution >= 0.6 is 11.6 Å². The van der Waals surface area contributed by atoms with Gasteiger partial charge >= 0.3 is 0 Å². The van der Waals surface area contributed by atoms with Crippen LogP contribution in [-0.4, -0.2) is 13.0 Å². The van der Waals surface area contributed by atoms with E-state index in [0.717, 1.165) is 23.3 Å². The smallest absolute Gasteiger partial charge is 0.224 e. The number of amides is 1. The minimum Gasteiger partial charge on any atom is -0.497 e. The molecule has 116 valence electrons. The average Bonchev–Trinajstić information content (AvgIpc) is 2.55. The summed E-state index contributed by atoms with van der Waals surface area (Å²) >= 11 is 6.10. The minimum atomic E-state index is -0.0317. The number of halogens is 1. The number of hydrogen-bond donors (Lipinski definition) is 1. The van der Waals surface area contributed by atoms with E-state index in [1.54, 1.807) is 13.2 Å². The average molecular weight is 318 g/mol. The van der Waals surface area contributed by atoms with Gasteiger partial charge in [-0.2, -0.15) is 0 Å². The molecule has 22 heavy (non-hydrogen) atoms. The molecule has 2 rings (SSSR count). The largest absolute Gasteiger partial charge is 0.497 e. The Labute approximate surface area is 136 Å². The first-order valence-electron chi connectivity index (χ1n) is 7.30. The summed E-state index contributed by atoms with van der Waals surface area (Å²) in [6.07, 6.45) is 1.10. The molecule has 3 nitrogen and oxygen atoms in total. The van der Waals surface area contributed by atoms with E-state index >= 15 is 0 Å². The maximum atomic E-state index is 12.2. The molecule has 0 aromatic heterocycles. The van der Waals surface area contributed by atoms with Gasteiger partial charge in [-0.05, 0) is 35.7 Å². The summed E-state index contributed by atoms with van der Waals surface area (Å²) in [5.41, 5.74) is 1.90. The molecule has 0 aliphatic heterocycles. The van der Waals surface area contributed by atoms with Gasteiger partial charge in [-0.15, -0.1) is 0 Å². The first kappa shape index (κ1) is 16.4. The highest BCUT2D eigenvalue weighted by molar-refractivity contribution is 6.31. The molecule has 0 fully saturated rings. The summed E-state index contributed by atoms with van der Waals surface area (Å²) in [5.74, 6) is 0.775.